The van der Waals surface area contributed by atoms with Crippen LogP contribution in [0.5, 0.6) is 5.75 Å². The van der Waals surface area contributed by atoms with E-state index in [4.69, 9.17) is 9.84 Å². The predicted octanol–water partition coefficient (Wildman–Crippen LogP) is 4.17. The lowest BCUT2D eigenvalue weighted by Gasteiger charge is -2.22. The Hall–Kier alpha value is -3.39. The van der Waals surface area contributed by atoms with Gasteiger partial charge in [-0.25, -0.2) is 9.99 Å². The van der Waals surface area contributed by atoms with E-state index in [0.29, 0.717) is 22.8 Å². The maximum Gasteiger partial charge on any atom is 0.254 e. The van der Waals surface area contributed by atoms with Crippen LogP contribution in [0.3, 0.4) is 0 Å². The van der Waals surface area contributed by atoms with Gasteiger partial charge in [-0.3, -0.25) is 9.59 Å². The average molecular weight is 463 g/mol. The zero-order valence-corrected chi connectivity index (χ0v) is 19.9. The first kappa shape index (κ1) is 22.8. The highest BCUT2D eigenvalue weighted by molar-refractivity contribution is 7.99. The van der Waals surface area contributed by atoms with Crippen LogP contribution in [0, 0.1) is 20.8 Å². The maximum atomic E-state index is 13.2. The molecule has 33 heavy (non-hydrogen) atoms. The number of hydrogen-bond acceptors (Lipinski definition) is 6. The lowest BCUT2D eigenvalue weighted by atomic mass is 9.97. The average Bonchev–Trinajstić information content (AvgIpc) is 3.27. The van der Waals surface area contributed by atoms with Gasteiger partial charge in [-0.1, -0.05) is 41.6 Å². The number of hydrogen-bond donors (Lipinski definition) is 1. The first-order valence-electron chi connectivity index (χ1n) is 10.7. The molecule has 1 atom stereocenters. The number of methoxy groups -OCH3 is 1. The van der Waals surface area contributed by atoms with E-state index in [-0.39, 0.29) is 23.3 Å². The first-order chi connectivity index (χ1) is 15.9. The van der Waals surface area contributed by atoms with E-state index < -0.39 is 0 Å². The van der Waals surface area contributed by atoms with Gasteiger partial charge >= 0.3 is 0 Å². The quantitative estimate of drug-likeness (QED) is 0.439. The summed E-state index contributed by atoms with van der Waals surface area (Å²) in [6, 6.07) is 15.7. The molecule has 3 aromatic rings. The molecule has 1 aromatic heterocycles. The van der Waals surface area contributed by atoms with Gasteiger partial charge in [-0.15, -0.1) is 0 Å². The molecule has 0 aliphatic carbocycles. The second-order valence-corrected chi connectivity index (χ2v) is 8.98. The Balaban J connectivity index is 1.59. The summed E-state index contributed by atoms with van der Waals surface area (Å²) in [5, 5.41) is 6.71. The molecule has 2 heterocycles. The van der Waals surface area contributed by atoms with E-state index in [1.807, 2.05) is 55.5 Å². The second-order valence-electron chi connectivity index (χ2n) is 8.01. The molecular weight excluding hydrogens is 436 g/mol. The van der Waals surface area contributed by atoms with Gasteiger partial charge in [0.25, 0.3) is 11.5 Å². The smallest absolute Gasteiger partial charge is 0.254 e. The molecule has 0 fully saturated rings. The number of ether oxygens (including phenoxy) is 1. The highest BCUT2D eigenvalue weighted by atomic mass is 32.2. The topological polar surface area (TPSA) is 87.7 Å². The van der Waals surface area contributed by atoms with Crippen LogP contribution in [0.25, 0.3) is 0 Å². The van der Waals surface area contributed by atoms with Crippen LogP contribution in [0.15, 0.2) is 63.6 Å². The molecule has 170 valence electrons. The summed E-state index contributed by atoms with van der Waals surface area (Å²) >= 11 is 1.21. The predicted molar refractivity (Wildman–Crippen MR) is 130 cm³/mol. The van der Waals surface area contributed by atoms with E-state index >= 15 is 0 Å². The molecule has 4 rings (SSSR count). The Morgan fingerprint density at radius 3 is 2.45 bits per heavy atom. The number of carbonyl (C=O) groups is 1. The minimum absolute atomic E-state index is 0.118. The Morgan fingerprint density at radius 1 is 1.12 bits per heavy atom. The molecule has 2 aromatic carbocycles. The molecule has 7 nitrogen and oxygen atoms in total. The monoisotopic (exact) mass is 462 g/mol. The van der Waals surface area contributed by atoms with Crippen molar-refractivity contribution >= 4 is 23.4 Å². The Labute approximate surface area is 196 Å². The van der Waals surface area contributed by atoms with Gasteiger partial charge < -0.3 is 9.72 Å². The van der Waals surface area contributed by atoms with Crippen molar-refractivity contribution in [1.82, 2.24) is 15.0 Å². The van der Waals surface area contributed by atoms with E-state index in [1.165, 1.54) is 11.8 Å². The normalized spacial score (nSPS) is 15.5. The van der Waals surface area contributed by atoms with Gasteiger partial charge in [-0.05, 0) is 56.2 Å². The molecule has 0 bridgehead atoms. The van der Waals surface area contributed by atoms with Crippen molar-refractivity contribution in [3.05, 3.63) is 86.8 Å². The summed E-state index contributed by atoms with van der Waals surface area (Å²) in [7, 11) is 1.63. The molecule has 1 N–H and O–H groups in total. The van der Waals surface area contributed by atoms with E-state index in [0.717, 1.165) is 28.2 Å². The second kappa shape index (κ2) is 9.62. The molecule has 1 amide bonds. The van der Waals surface area contributed by atoms with E-state index in [9.17, 15) is 9.59 Å². The van der Waals surface area contributed by atoms with Crippen molar-refractivity contribution in [2.45, 2.75) is 38.4 Å². The van der Waals surface area contributed by atoms with Crippen LogP contribution in [0.2, 0.25) is 0 Å². The molecule has 0 saturated carbocycles. The van der Waals surface area contributed by atoms with Gasteiger partial charge in [0.15, 0.2) is 5.16 Å². The third-order valence-corrected chi connectivity index (χ3v) is 6.61. The number of rotatable bonds is 6. The third-order valence-electron chi connectivity index (χ3n) is 5.76. The number of carbonyl (C=O) groups excluding carboxylic acids is 1. The molecule has 1 aliphatic rings. The molecule has 0 unspecified atom stereocenters. The van der Waals surface area contributed by atoms with Crippen molar-refractivity contribution in [2.24, 2.45) is 5.10 Å². The lowest BCUT2D eigenvalue weighted by Crippen LogP contribution is -2.28. The zero-order valence-electron chi connectivity index (χ0n) is 19.1. The fraction of sp³-hybridized carbons (Fsp3) is 0.280. The molecule has 0 saturated heterocycles. The summed E-state index contributed by atoms with van der Waals surface area (Å²) < 4.78 is 5.25. The van der Waals surface area contributed by atoms with Crippen molar-refractivity contribution in [2.75, 3.05) is 12.9 Å². The van der Waals surface area contributed by atoms with Gasteiger partial charge in [0, 0.05) is 17.7 Å². The number of amides is 1. The fourth-order valence-corrected chi connectivity index (χ4v) is 4.39. The fourth-order valence-electron chi connectivity index (χ4n) is 3.63. The number of thioether (sulfide) groups is 1. The van der Waals surface area contributed by atoms with Crippen LogP contribution in [-0.2, 0) is 4.79 Å². The summed E-state index contributed by atoms with van der Waals surface area (Å²) in [6.07, 6.45) is 0.616. The summed E-state index contributed by atoms with van der Waals surface area (Å²) in [5.41, 5.74) is 5.05. The SMILES string of the molecule is COc1ccc(C2=NN(C(=O)CSc3nc(C)c(C)c(=O)[nH]3)[C@H](c3ccc(C)cc3)C2)cc1. The van der Waals surface area contributed by atoms with Crippen LogP contribution < -0.4 is 10.3 Å². The Morgan fingerprint density at radius 2 is 1.82 bits per heavy atom. The number of aromatic nitrogens is 2. The summed E-state index contributed by atoms with van der Waals surface area (Å²) in [6.45, 7) is 5.55. The number of nitrogens with one attached hydrogen (secondary N) is 1. The number of aryl methyl sites for hydroxylation is 2. The van der Waals surface area contributed by atoms with Crippen molar-refractivity contribution in [3.8, 4) is 5.75 Å². The molecule has 0 spiro atoms. The minimum atomic E-state index is -0.192. The highest BCUT2D eigenvalue weighted by Crippen LogP contribution is 2.34. The summed E-state index contributed by atoms with van der Waals surface area (Å²) in [4.78, 5) is 32.4. The van der Waals surface area contributed by atoms with Crippen LogP contribution in [-0.4, -0.2) is 39.5 Å². The molecule has 8 heteroatoms. The van der Waals surface area contributed by atoms with Gasteiger partial charge in [-0.2, -0.15) is 5.10 Å². The Bertz CT molecular complexity index is 1250. The van der Waals surface area contributed by atoms with Crippen LogP contribution in [0.1, 0.15) is 40.4 Å². The van der Waals surface area contributed by atoms with Crippen molar-refractivity contribution in [1.29, 1.82) is 0 Å². The molecular formula is C25H26N4O3S. The van der Waals surface area contributed by atoms with Crippen molar-refractivity contribution < 1.29 is 9.53 Å². The van der Waals surface area contributed by atoms with E-state index in [2.05, 4.69) is 9.97 Å². The van der Waals surface area contributed by atoms with Crippen molar-refractivity contribution in [3.63, 3.8) is 0 Å². The number of aromatic amines is 1. The first-order valence-corrected chi connectivity index (χ1v) is 11.6. The number of benzene rings is 2. The number of nitrogens with zero attached hydrogens (tertiary/aromatic N) is 3. The Kier molecular flexibility index (Phi) is 6.65. The number of H-pyrrole nitrogens is 1. The van der Waals surface area contributed by atoms with Gasteiger partial charge in [0.1, 0.15) is 5.75 Å². The highest BCUT2D eigenvalue weighted by Gasteiger charge is 2.33. The standard InChI is InChI=1S/C25H26N4O3S/c1-15-5-7-19(8-6-15)22-13-21(18-9-11-20(32-4)12-10-18)28-29(22)23(30)14-33-25-26-17(3)16(2)24(31)27-25/h5-12,22H,13-14H2,1-4H3,(H,26,27,31)/t22-/m0/s1. The van der Waals surface area contributed by atoms with Crippen LogP contribution >= 0.6 is 11.8 Å². The zero-order chi connectivity index (χ0) is 23.5. The minimum Gasteiger partial charge on any atom is -0.497 e. The van der Waals surface area contributed by atoms with Gasteiger partial charge in [0.05, 0.1) is 24.6 Å². The molecule has 1 aliphatic heterocycles. The maximum absolute atomic E-state index is 13.2. The summed E-state index contributed by atoms with van der Waals surface area (Å²) in [5.74, 6) is 0.745. The van der Waals surface area contributed by atoms with Crippen LogP contribution in [0.4, 0.5) is 0 Å². The molecule has 0 radical (unpaired) electrons. The lowest BCUT2D eigenvalue weighted by molar-refractivity contribution is -0.130. The van der Waals surface area contributed by atoms with E-state index in [1.54, 1.807) is 26.0 Å². The number of hydrazone groups is 1. The van der Waals surface area contributed by atoms with Gasteiger partial charge in [0.2, 0.25) is 0 Å². The third kappa shape index (κ3) is 5.01. The largest absolute Gasteiger partial charge is 0.497 e.